The van der Waals surface area contributed by atoms with Crippen LogP contribution in [0.5, 0.6) is 0 Å². The molecule has 0 heterocycles. The predicted octanol–water partition coefficient (Wildman–Crippen LogP) is 4.12. The van der Waals surface area contributed by atoms with Crippen LogP contribution < -0.4 is 0 Å². The van der Waals surface area contributed by atoms with Crippen molar-refractivity contribution < 1.29 is 13.9 Å². The molecule has 0 spiro atoms. The lowest BCUT2D eigenvalue weighted by molar-refractivity contribution is 0.214. The van der Waals surface area contributed by atoms with Crippen LogP contribution in [0.4, 0.5) is 8.78 Å². The molecule has 0 aliphatic carbocycles. The summed E-state index contributed by atoms with van der Waals surface area (Å²) in [5.41, 5.74) is 1.03. The Morgan fingerprint density at radius 3 is 2.44 bits per heavy atom. The van der Waals surface area contributed by atoms with E-state index in [1.54, 1.807) is 19.1 Å². The molecule has 2 rings (SSSR count). The maximum Gasteiger partial charge on any atom is 0.130 e. The van der Waals surface area contributed by atoms with Crippen LogP contribution in [0.3, 0.4) is 0 Å². The van der Waals surface area contributed by atoms with Crippen molar-refractivity contribution in [1.82, 2.24) is 0 Å². The van der Waals surface area contributed by atoms with Crippen molar-refractivity contribution in [2.24, 2.45) is 0 Å². The molecule has 2 aromatic rings. The molecule has 1 nitrogen and oxygen atoms in total. The summed E-state index contributed by atoms with van der Waals surface area (Å²) < 4.78 is 27.3. The number of aliphatic hydroxyl groups is 1. The lowest BCUT2D eigenvalue weighted by atomic mass is 9.99. The molecule has 0 fully saturated rings. The van der Waals surface area contributed by atoms with Crippen molar-refractivity contribution in [2.45, 2.75) is 13.0 Å². The van der Waals surface area contributed by atoms with Crippen molar-refractivity contribution in [2.75, 3.05) is 0 Å². The van der Waals surface area contributed by atoms with Gasteiger partial charge < -0.3 is 5.11 Å². The fourth-order valence-corrected chi connectivity index (χ4v) is 2.34. The summed E-state index contributed by atoms with van der Waals surface area (Å²) in [6, 6.07) is 8.71. The molecule has 1 N–H and O–H groups in total. The van der Waals surface area contributed by atoms with E-state index in [-0.39, 0.29) is 11.4 Å². The van der Waals surface area contributed by atoms with Crippen LogP contribution in [-0.4, -0.2) is 5.11 Å². The molecule has 0 aromatic heterocycles. The summed E-state index contributed by atoms with van der Waals surface area (Å²) in [6.07, 6.45) is -1.13. The van der Waals surface area contributed by atoms with Gasteiger partial charge in [-0.05, 0) is 36.2 Å². The molecule has 1 atom stereocenters. The Bertz CT molecular complexity index is 564. The van der Waals surface area contributed by atoms with E-state index < -0.39 is 11.9 Å². The summed E-state index contributed by atoms with van der Waals surface area (Å²) in [4.78, 5) is 0. The van der Waals surface area contributed by atoms with Gasteiger partial charge in [0.25, 0.3) is 0 Å². The fourth-order valence-electron chi connectivity index (χ4n) is 1.78. The van der Waals surface area contributed by atoms with Gasteiger partial charge in [-0.3, -0.25) is 0 Å². The van der Waals surface area contributed by atoms with Gasteiger partial charge in [-0.25, -0.2) is 8.78 Å². The van der Waals surface area contributed by atoms with Crippen molar-refractivity contribution in [3.63, 3.8) is 0 Å². The Morgan fingerprint density at radius 2 is 1.83 bits per heavy atom. The molecule has 0 saturated carbocycles. The average molecular weight is 313 g/mol. The van der Waals surface area contributed by atoms with Crippen LogP contribution in [-0.2, 0) is 0 Å². The lowest BCUT2D eigenvalue weighted by Gasteiger charge is -2.15. The number of aryl methyl sites for hydroxylation is 1. The molecule has 4 heteroatoms. The van der Waals surface area contributed by atoms with Crippen molar-refractivity contribution in [3.05, 3.63) is 69.2 Å². The minimum atomic E-state index is -1.13. The van der Waals surface area contributed by atoms with Gasteiger partial charge in [-0.2, -0.15) is 0 Å². The molecule has 1 unspecified atom stereocenters. The van der Waals surface area contributed by atoms with Crippen molar-refractivity contribution >= 4 is 15.9 Å². The van der Waals surface area contributed by atoms with Gasteiger partial charge in [0.2, 0.25) is 0 Å². The third kappa shape index (κ3) is 2.44. The first-order valence-corrected chi connectivity index (χ1v) is 6.18. The highest BCUT2D eigenvalue weighted by Crippen LogP contribution is 2.31. The first kappa shape index (κ1) is 13.2. The van der Waals surface area contributed by atoms with E-state index in [4.69, 9.17) is 0 Å². The first-order valence-electron chi connectivity index (χ1n) is 5.38. The molecule has 0 saturated heterocycles. The van der Waals surface area contributed by atoms with Crippen molar-refractivity contribution in [1.29, 1.82) is 0 Å². The Labute approximate surface area is 112 Å². The van der Waals surface area contributed by atoms with Crippen LogP contribution in [0.15, 0.2) is 40.9 Å². The van der Waals surface area contributed by atoms with E-state index in [0.717, 1.165) is 0 Å². The molecular formula is C14H11BrF2O. The fraction of sp³-hybridized carbons (Fsp3) is 0.143. The number of aliphatic hydroxyl groups excluding tert-OH is 1. The van der Waals surface area contributed by atoms with Crippen LogP contribution in [0, 0.1) is 18.6 Å². The third-order valence-corrected chi connectivity index (χ3v) is 3.46. The average Bonchev–Trinajstić information content (AvgIpc) is 2.32. The monoisotopic (exact) mass is 312 g/mol. The topological polar surface area (TPSA) is 20.2 Å². The molecule has 0 bridgehead atoms. The van der Waals surface area contributed by atoms with E-state index in [9.17, 15) is 13.9 Å². The predicted molar refractivity (Wildman–Crippen MR) is 69.3 cm³/mol. The van der Waals surface area contributed by atoms with Gasteiger partial charge in [0.1, 0.15) is 17.7 Å². The zero-order chi connectivity index (χ0) is 13.3. The van der Waals surface area contributed by atoms with E-state index in [1.807, 2.05) is 0 Å². The zero-order valence-corrected chi connectivity index (χ0v) is 11.2. The summed E-state index contributed by atoms with van der Waals surface area (Å²) >= 11 is 3.20. The molecular weight excluding hydrogens is 302 g/mol. The Hall–Kier alpha value is -1.26. The normalized spacial score (nSPS) is 12.5. The third-order valence-electron chi connectivity index (χ3n) is 2.77. The molecule has 0 radical (unpaired) electrons. The van der Waals surface area contributed by atoms with Gasteiger partial charge in [0.15, 0.2) is 0 Å². The molecule has 0 amide bonds. The van der Waals surface area contributed by atoms with E-state index in [0.29, 0.717) is 15.6 Å². The van der Waals surface area contributed by atoms with E-state index in [2.05, 4.69) is 15.9 Å². The summed E-state index contributed by atoms with van der Waals surface area (Å²) in [6.45, 7) is 1.60. The second-order valence-electron chi connectivity index (χ2n) is 4.05. The van der Waals surface area contributed by atoms with Crippen LogP contribution >= 0.6 is 15.9 Å². The lowest BCUT2D eigenvalue weighted by Crippen LogP contribution is -2.04. The molecule has 0 aliphatic rings. The second kappa shape index (κ2) is 5.16. The highest BCUT2D eigenvalue weighted by Gasteiger charge is 2.18. The minimum Gasteiger partial charge on any atom is -0.384 e. The number of halogens is 3. The number of benzene rings is 2. The molecule has 2 aromatic carbocycles. The van der Waals surface area contributed by atoms with E-state index >= 15 is 0 Å². The van der Waals surface area contributed by atoms with Crippen LogP contribution in [0.2, 0.25) is 0 Å². The minimum absolute atomic E-state index is 0.156. The van der Waals surface area contributed by atoms with Crippen LogP contribution in [0.1, 0.15) is 22.8 Å². The van der Waals surface area contributed by atoms with Crippen LogP contribution in [0.25, 0.3) is 0 Å². The molecule has 0 aliphatic heterocycles. The Kier molecular flexibility index (Phi) is 3.78. The van der Waals surface area contributed by atoms with Crippen molar-refractivity contribution in [3.8, 4) is 0 Å². The number of hydrogen-bond donors (Lipinski definition) is 1. The summed E-state index contributed by atoms with van der Waals surface area (Å²) in [7, 11) is 0. The SMILES string of the molecule is Cc1cc(C(O)c2c(F)cccc2Br)ccc1F. The maximum absolute atomic E-state index is 13.7. The Balaban J connectivity index is 2.48. The largest absolute Gasteiger partial charge is 0.384 e. The summed E-state index contributed by atoms with van der Waals surface area (Å²) in [5.74, 6) is -0.850. The molecule has 18 heavy (non-hydrogen) atoms. The van der Waals surface area contributed by atoms with Gasteiger partial charge >= 0.3 is 0 Å². The zero-order valence-electron chi connectivity index (χ0n) is 9.62. The van der Waals surface area contributed by atoms with Gasteiger partial charge in [0.05, 0.1) is 0 Å². The second-order valence-corrected chi connectivity index (χ2v) is 4.90. The highest BCUT2D eigenvalue weighted by atomic mass is 79.9. The maximum atomic E-state index is 13.7. The molecule has 94 valence electrons. The number of rotatable bonds is 2. The quantitative estimate of drug-likeness (QED) is 0.884. The van der Waals surface area contributed by atoms with Gasteiger partial charge in [-0.1, -0.05) is 34.1 Å². The summed E-state index contributed by atoms with van der Waals surface area (Å²) in [5, 5.41) is 10.2. The van der Waals surface area contributed by atoms with Gasteiger partial charge in [-0.15, -0.1) is 0 Å². The number of hydrogen-bond acceptors (Lipinski definition) is 1. The standard InChI is InChI=1S/C14H11BrF2O/c1-8-7-9(5-6-11(8)16)14(18)13-10(15)3-2-4-12(13)17/h2-7,14,18H,1H3. The highest BCUT2D eigenvalue weighted by molar-refractivity contribution is 9.10. The van der Waals surface area contributed by atoms with E-state index in [1.165, 1.54) is 24.3 Å². The Morgan fingerprint density at radius 1 is 1.11 bits per heavy atom. The first-order chi connectivity index (χ1) is 8.50. The van der Waals surface area contributed by atoms with Gasteiger partial charge in [0, 0.05) is 10.0 Å². The smallest absolute Gasteiger partial charge is 0.130 e.